The van der Waals surface area contributed by atoms with Crippen molar-refractivity contribution in [1.29, 1.82) is 0 Å². The predicted octanol–water partition coefficient (Wildman–Crippen LogP) is 4.60. The molecule has 0 saturated carbocycles. The highest BCUT2D eigenvalue weighted by atomic mass is 35.5. The minimum atomic E-state index is -0.394. The van der Waals surface area contributed by atoms with Crippen molar-refractivity contribution < 1.29 is 23.9 Å². The number of benzene rings is 2. The Morgan fingerprint density at radius 3 is 2.50 bits per heavy atom. The fourth-order valence-electron chi connectivity index (χ4n) is 3.26. The summed E-state index contributed by atoms with van der Waals surface area (Å²) in [7, 11) is 0. The largest absolute Gasteiger partial charge is 0.486 e. The number of Topliss-reactive ketones (excluding diaryl/α,β-unsaturated/α-hetero) is 1. The lowest BCUT2D eigenvalue weighted by Gasteiger charge is -2.22. The molecular weight excluding hydrogens is 455 g/mol. The first-order valence-corrected chi connectivity index (χ1v) is 11.1. The first-order chi connectivity index (χ1) is 15.4. The number of rotatable bonds is 9. The lowest BCUT2D eigenvalue weighted by Crippen LogP contribution is -2.38. The number of carbonyl (C=O) groups is 3. The van der Waals surface area contributed by atoms with E-state index in [0.717, 1.165) is 0 Å². The molecule has 9 heteroatoms. The third-order valence-corrected chi connectivity index (χ3v) is 5.38. The van der Waals surface area contributed by atoms with Gasteiger partial charge >= 0.3 is 0 Å². The van der Waals surface area contributed by atoms with Crippen LogP contribution in [-0.4, -0.2) is 48.8 Å². The molecule has 1 heterocycles. The van der Waals surface area contributed by atoms with Crippen molar-refractivity contribution in [3.63, 3.8) is 0 Å². The molecule has 0 saturated heterocycles. The monoisotopic (exact) mass is 478 g/mol. The number of fused-ring (bicyclic) bond motifs is 1. The van der Waals surface area contributed by atoms with Crippen LogP contribution in [0.5, 0.6) is 11.5 Å². The van der Waals surface area contributed by atoms with Gasteiger partial charge in [0.1, 0.15) is 13.2 Å². The molecule has 0 unspecified atom stereocenters. The van der Waals surface area contributed by atoms with Gasteiger partial charge in [0.15, 0.2) is 17.3 Å². The highest BCUT2D eigenvalue weighted by Crippen LogP contribution is 2.31. The van der Waals surface area contributed by atoms with Gasteiger partial charge in [0.25, 0.3) is 0 Å². The molecule has 0 aromatic heterocycles. The van der Waals surface area contributed by atoms with Crippen LogP contribution in [0.3, 0.4) is 0 Å². The average molecular weight is 479 g/mol. The molecule has 32 heavy (non-hydrogen) atoms. The molecule has 0 radical (unpaired) electrons. The number of hydrogen-bond donors (Lipinski definition) is 1. The number of nitrogens with zero attached hydrogens (tertiary/aromatic N) is 1. The number of nitrogens with one attached hydrogen (secondary N) is 1. The Hall–Kier alpha value is -2.77. The van der Waals surface area contributed by atoms with Crippen LogP contribution >= 0.6 is 23.2 Å². The molecule has 1 N–H and O–H groups in total. The molecule has 1 aliphatic heterocycles. The third kappa shape index (κ3) is 6.37. The van der Waals surface area contributed by atoms with Crippen LogP contribution in [0.2, 0.25) is 10.0 Å². The SMILES string of the molecule is CCCN(CC(=O)Nc1cc(Cl)ccc1Cl)C(=O)CCC(=O)c1ccc2c(c1)OCCO2. The highest BCUT2D eigenvalue weighted by molar-refractivity contribution is 6.35. The Labute approximate surface area is 196 Å². The van der Waals surface area contributed by atoms with E-state index in [1.165, 1.54) is 4.90 Å². The van der Waals surface area contributed by atoms with Crippen molar-refractivity contribution in [2.75, 3.05) is 31.6 Å². The van der Waals surface area contributed by atoms with Gasteiger partial charge in [0, 0.05) is 30.0 Å². The zero-order chi connectivity index (χ0) is 23.1. The molecule has 0 aliphatic carbocycles. The van der Waals surface area contributed by atoms with E-state index in [9.17, 15) is 14.4 Å². The number of halogens is 2. The Morgan fingerprint density at radius 1 is 1.00 bits per heavy atom. The molecule has 0 spiro atoms. The zero-order valence-electron chi connectivity index (χ0n) is 17.7. The highest BCUT2D eigenvalue weighted by Gasteiger charge is 2.20. The predicted molar refractivity (Wildman–Crippen MR) is 123 cm³/mol. The fourth-order valence-corrected chi connectivity index (χ4v) is 3.59. The quantitative estimate of drug-likeness (QED) is 0.532. The number of hydrogen-bond acceptors (Lipinski definition) is 5. The van der Waals surface area contributed by atoms with Crippen LogP contribution in [0.1, 0.15) is 36.5 Å². The fraction of sp³-hybridized carbons (Fsp3) is 0.348. The number of anilines is 1. The second-order valence-electron chi connectivity index (χ2n) is 7.27. The van der Waals surface area contributed by atoms with Crippen LogP contribution in [-0.2, 0) is 9.59 Å². The summed E-state index contributed by atoms with van der Waals surface area (Å²) in [6.07, 6.45) is 0.700. The zero-order valence-corrected chi connectivity index (χ0v) is 19.2. The minimum Gasteiger partial charge on any atom is -0.486 e. The molecule has 0 fully saturated rings. The van der Waals surface area contributed by atoms with Gasteiger partial charge in [-0.1, -0.05) is 30.1 Å². The van der Waals surface area contributed by atoms with E-state index in [4.69, 9.17) is 32.7 Å². The summed E-state index contributed by atoms with van der Waals surface area (Å²) in [5.74, 6) is 0.280. The molecule has 0 atom stereocenters. The van der Waals surface area contributed by atoms with Gasteiger partial charge in [-0.15, -0.1) is 0 Å². The van der Waals surface area contributed by atoms with Crippen LogP contribution in [0.25, 0.3) is 0 Å². The molecular formula is C23H24Cl2N2O5. The van der Waals surface area contributed by atoms with Gasteiger partial charge in [0.2, 0.25) is 11.8 Å². The maximum Gasteiger partial charge on any atom is 0.244 e. The van der Waals surface area contributed by atoms with Gasteiger partial charge in [-0.25, -0.2) is 0 Å². The summed E-state index contributed by atoms with van der Waals surface area (Å²) < 4.78 is 11.0. The summed E-state index contributed by atoms with van der Waals surface area (Å²) in [6, 6.07) is 9.72. The maximum atomic E-state index is 12.7. The first kappa shape index (κ1) is 23.9. The maximum absolute atomic E-state index is 12.7. The molecule has 2 amide bonds. The molecule has 2 aromatic rings. The Kier molecular flexibility index (Phi) is 8.36. The number of ether oxygens (including phenoxy) is 2. The summed E-state index contributed by atoms with van der Waals surface area (Å²) in [4.78, 5) is 39.2. The lowest BCUT2D eigenvalue weighted by molar-refractivity contribution is -0.134. The van der Waals surface area contributed by atoms with Crippen molar-refractivity contribution in [2.24, 2.45) is 0 Å². The number of carbonyl (C=O) groups excluding carboxylic acids is 3. The van der Waals surface area contributed by atoms with E-state index in [2.05, 4.69) is 5.32 Å². The Morgan fingerprint density at radius 2 is 1.75 bits per heavy atom. The van der Waals surface area contributed by atoms with Crippen molar-refractivity contribution in [2.45, 2.75) is 26.2 Å². The Balaban J connectivity index is 1.56. The van der Waals surface area contributed by atoms with E-state index in [1.54, 1.807) is 36.4 Å². The molecule has 3 rings (SSSR count). The third-order valence-electron chi connectivity index (χ3n) is 4.81. The average Bonchev–Trinajstić information content (AvgIpc) is 2.79. The van der Waals surface area contributed by atoms with Crippen molar-refractivity contribution >= 4 is 46.5 Å². The molecule has 7 nitrogen and oxygen atoms in total. The molecule has 170 valence electrons. The summed E-state index contributed by atoms with van der Waals surface area (Å²) in [6.45, 7) is 3.06. The topological polar surface area (TPSA) is 84.9 Å². The van der Waals surface area contributed by atoms with E-state index in [0.29, 0.717) is 59.0 Å². The van der Waals surface area contributed by atoms with E-state index in [1.807, 2.05) is 6.92 Å². The van der Waals surface area contributed by atoms with E-state index >= 15 is 0 Å². The van der Waals surface area contributed by atoms with Crippen LogP contribution in [0.15, 0.2) is 36.4 Å². The normalized spacial score (nSPS) is 12.2. The van der Waals surface area contributed by atoms with Gasteiger partial charge < -0.3 is 19.7 Å². The number of ketones is 1. The van der Waals surface area contributed by atoms with Gasteiger partial charge in [-0.2, -0.15) is 0 Å². The molecule has 0 bridgehead atoms. The van der Waals surface area contributed by atoms with Gasteiger partial charge in [-0.05, 0) is 42.8 Å². The van der Waals surface area contributed by atoms with Crippen LogP contribution in [0, 0.1) is 0 Å². The Bertz CT molecular complexity index is 1010. The van der Waals surface area contributed by atoms with Crippen molar-refractivity contribution in [3.8, 4) is 11.5 Å². The smallest absolute Gasteiger partial charge is 0.244 e. The summed E-state index contributed by atoms with van der Waals surface area (Å²) >= 11 is 12.0. The lowest BCUT2D eigenvalue weighted by atomic mass is 10.1. The standard InChI is InChI=1S/C23H24Cl2N2O5/c1-2-9-27(14-22(29)26-18-13-16(24)4-5-17(18)25)23(30)8-6-19(28)15-3-7-20-21(12-15)32-11-10-31-20/h3-5,7,12-13H,2,6,8-11,14H2,1H3,(H,26,29). The first-order valence-electron chi connectivity index (χ1n) is 10.3. The number of amides is 2. The van der Waals surface area contributed by atoms with E-state index < -0.39 is 5.91 Å². The van der Waals surface area contributed by atoms with E-state index in [-0.39, 0.29) is 31.1 Å². The summed E-state index contributed by atoms with van der Waals surface area (Å²) in [5, 5.41) is 3.45. The second-order valence-corrected chi connectivity index (χ2v) is 8.11. The van der Waals surface area contributed by atoms with Gasteiger partial charge in [-0.3, -0.25) is 14.4 Å². The minimum absolute atomic E-state index is 0.00151. The summed E-state index contributed by atoms with van der Waals surface area (Å²) in [5.41, 5.74) is 0.833. The van der Waals surface area contributed by atoms with Crippen LogP contribution < -0.4 is 14.8 Å². The van der Waals surface area contributed by atoms with Gasteiger partial charge in [0.05, 0.1) is 17.3 Å². The molecule has 1 aliphatic rings. The van der Waals surface area contributed by atoms with Crippen molar-refractivity contribution in [3.05, 3.63) is 52.0 Å². The molecule has 2 aromatic carbocycles. The van der Waals surface area contributed by atoms with Crippen molar-refractivity contribution in [1.82, 2.24) is 4.90 Å². The second kappa shape index (κ2) is 11.2. The van der Waals surface area contributed by atoms with Crippen LogP contribution in [0.4, 0.5) is 5.69 Å².